The first-order valence-electron chi connectivity index (χ1n) is 19.1. The van der Waals surface area contributed by atoms with E-state index in [1.54, 1.807) is 0 Å². The maximum absolute atomic E-state index is 12.0. The molecule has 0 aromatic rings. The zero-order valence-electron chi connectivity index (χ0n) is 28.8. The summed E-state index contributed by atoms with van der Waals surface area (Å²) in [6.45, 7) is 7.50. The molecule has 0 aliphatic heterocycles. The molecule has 3 heteroatoms. The van der Waals surface area contributed by atoms with Crippen molar-refractivity contribution in [2.45, 2.75) is 200 Å². The molecule has 0 atom stereocenters. The van der Waals surface area contributed by atoms with E-state index in [1.165, 1.54) is 167 Å². The Labute approximate surface area is 264 Å². The number of nitrogens with one attached hydrogen (secondary N) is 2. The maximum Gasteiger partial charge on any atom is 0.219 e. The van der Waals surface area contributed by atoms with Gasteiger partial charge in [0.05, 0.1) is 0 Å². The van der Waals surface area contributed by atoms with E-state index >= 15 is 0 Å². The number of allylic oxidation sites excluding steroid dienone is 4. The third-order valence-electron chi connectivity index (χ3n) is 8.38. The highest BCUT2D eigenvalue weighted by Crippen LogP contribution is 2.11. The number of hydrogen-bond acceptors (Lipinski definition) is 2. The number of carbonyl (C=O) groups excluding carboxylic acids is 1. The van der Waals surface area contributed by atoms with Gasteiger partial charge in [-0.3, -0.25) is 4.79 Å². The number of rotatable bonds is 35. The molecule has 248 valence electrons. The van der Waals surface area contributed by atoms with Crippen molar-refractivity contribution in [1.82, 2.24) is 10.6 Å². The molecule has 0 spiro atoms. The highest BCUT2D eigenvalue weighted by atomic mass is 16.1. The molecule has 1 amide bonds. The molecule has 0 saturated heterocycles. The zero-order valence-corrected chi connectivity index (χ0v) is 28.8. The number of amides is 1. The van der Waals surface area contributed by atoms with Crippen molar-refractivity contribution in [3.8, 4) is 0 Å². The Bertz CT molecular complexity index is 571. The van der Waals surface area contributed by atoms with Crippen LogP contribution < -0.4 is 10.6 Å². The van der Waals surface area contributed by atoms with Crippen molar-refractivity contribution >= 4 is 5.91 Å². The van der Waals surface area contributed by atoms with Crippen LogP contribution in [0.4, 0.5) is 0 Å². The molecule has 3 nitrogen and oxygen atoms in total. The maximum atomic E-state index is 12.0. The van der Waals surface area contributed by atoms with E-state index < -0.39 is 0 Å². The van der Waals surface area contributed by atoms with Gasteiger partial charge in [-0.15, -0.1) is 0 Å². The van der Waals surface area contributed by atoms with Crippen LogP contribution in [0.2, 0.25) is 0 Å². The Balaban J connectivity index is 3.21. The molecule has 0 fully saturated rings. The predicted octanol–water partition coefficient (Wildman–Crippen LogP) is 12.2. The monoisotopic (exact) mass is 589 g/mol. The quantitative estimate of drug-likeness (QED) is 0.0571. The van der Waals surface area contributed by atoms with Crippen molar-refractivity contribution in [2.24, 2.45) is 0 Å². The Morgan fingerprint density at radius 1 is 0.405 bits per heavy atom. The molecule has 0 aliphatic carbocycles. The summed E-state index contributed by atoms with van der Waals surface area (Å²) < 4.78 is 0. The molecule has 0 heterocycles. The van der Waals surface area contributed by atoms with E-state index in [-0.39, 0.29) is 5.91 Å². The van der Waals surface area contributed by atoms with E-state index in [2.05, 4.69) is 48.8 Å². The Kier molecular flexibility index (Phi) is 37.0. The number of carbonyl (C=O) groups is 1. The van der Waals surface area contributed by atoms with Crippen LogP contribution in [0.25, 0.3) is 0 Å². The van der Waals surface area contributed by atoms with Crippen molar-refractivity contribution in [3.63, 3.8) is 0 Å². The van der Waals surface area contributed by atoms with Crippen molar-refractivity contribution in [2.75, 3.05) is 19.6 Å². The van der Waals surface area contributed by atoms with Gasteiger partial charge < -0.3 is 10.6 Å². The molecular weight excluding hydrogens is 512 g/mol. The van der Waals surface area contributed by atoms with Gasteiger partial charge in [0.2, 0.25) is 5.91 Å². The van der Waals surface area contributed by atoms with Crippen molar-refractivity contribution < 1.29 is 4.79 Å². The largest absolute Gasteiger partial charge is 0.356 e. The van der Waals surface area contributed by atoms with Crippen LogP contribution in [0.15, 0.2) is 24.3 Å². The predicted molar refractivity (Wildman–Crippen MR) is 189 cm³/mol. The third-order valence-corrected chi connectivity index (χ3v) is 8.38. The molecule has 0 aliphatic rings. The van der Waals surface area contributed by atoms with E-state index in [1.807, 2.05) is 0 Å². The number of hydrogen-bond donors (Lipinski definition) is 2. The minimum Gasteiger partial charge on any atom is -0.356 e. The Morgan fingerprint density at radius 3 is 1.21 bits per heavy atom. The highest BCUT2D eigenvalue weighted by molar-refractivity contribution is 5.75. The summed E-state index contributed by atoms with van der Waals surface area (Å²) in [6, 6.07) is 0. The molecule has 0 bridgehead atoms. The molecule has 0 aromatic heterocycles. The van der Waals surface area contributed by atoms with Gasteiger partial charge in [0.15, 0.2) is 0 Å². The van der Waals surface area contributed by atoms with Gasteiger partial charge in [-0.1, -0.05) is 147 Å². The third kappa shape index (κ3) is 36.9. The molecule has 42 heavy (non-hydrogen) atoms. The second-order valence-electron chi connectivity index (χ2n) is 12.7. The summed E-state index contributed by atoms with van der Waals surface area (Å²) in [5.41, 5.74) is 0. The standard InChI is InChI=1S/C39H76N2O/c1-3-5-7-9-11-13-15-17-19-21-23-25-27-29-31-33-36-40-37-34-38-41-39(42)35-32-30-28-26-24-22-20-18-16-14-12-10-8-6-4-2/h17-20,40H,3-16,21-38H2,1-2H3,(H,41,42)/b19-17-,20-18-. The fourth-order valence-electron chi connectivity index (χ4n) is 5.51. The summed E-state index contributed by atoms with van der Waals surface area (Å²) in [4.78, 5) is 12.0. The van der Waals surface area contributed by atoms with Crippen LogP contribution in [0, 0.1) is 0 Å². The molecular formula is C39H76N2O. The number of unbranched alkanes of at least 4 members (excludes halogenated alkanes) is 23. The second-order valence-corrected chi connectivity index (χ2v) is 12.7. The van der Waals surface area contributed by atoms with E-state index in [0.29, 0.717) is 6.42 Å². The summed E-state index contributed by atoms with van der Waals surface area (Å²) in [5, 5.41) is 6.64. The van der Waals surface area contributed by atoms with Gasteiger partial charge in [0.25, 0.3) is 0 Å². The first-order valence-corrected chi connectivity index (χ1v) is 19.1. The fourth-order valence-corrected chi connectivity index (χ4v) is 5.51. The van der Waals surface area contributed by atoms with Crippen LogP contribution in [-0.4, -0.2) is 25.5 Å². The first-order chi connectivity index (χ1) is 20.8. The molecule has 0 rings (SSSR count). The lowest BCUT2D eigenvalue weighted by atomic mass is 10.1. The second kappa shape index (κ2) is 37.9. The summed E-state index contributed by atoms with van der Waals surface area (Å²) in [5.74, 6) is 0.237. The van der Waals surface area contributed by atoms with Crippen LogP contribution >= 0.6 is 0 Å². The minimum absolute atomic E-state index is 0.237. The summed E-state index contributed by atoms with van der Waals surface area (Å²) in [7, 11) is 0. The fraction of sp³-hybridized carbons (Fsp3) is 0.872. The van der Waals surface area contributed by atoms with Crippen LogP contribution in [0.3, 0.4) is 0 Å². The first kappa shape index (κ1) is 40.9. The lowest BCUT2D eigenvalue weighted by Crippen LogP contribution is -2.27. The van der Waals surface area contributed by atoms with Gasteiger partial charge in [-0.05, 0) is 83.7 Å². The van der Waals surface area contributed by atoms with E-state index in [9.17, 15) is 4.79 Å². The van der Waals surface area contributed by atoms with Gasteiger partial charge in [0.1, 0.15) is 0 Å². The SMILES string of the molecule is CCCCCCCC/C=C\CCCCCCCCNCCCNC(=O)CCCCCCC/C=C\CCCCCCCC. The van der Waals surface area contributed by atoms with Gasteiger partial charge in [-0.25, -0.2) is 0 Å². The van der Waals surface area contributed by atoms with Crippen molar-refractivity contribution in [3.05, 3.63) is 24.3 Å². The van der Waals surface area contributed by atoms with E-state index in [0.717, 1.165) is 32.5 Å². The molecule has 2 N–H and O–H groups in total. The molecule has 0 radical (unpaired) electrons. The van der Waals surface area contributed by atoms with Gasteiger partial charge in [-0.2, -0.15) is 0 Å². The Morgan fingerprint density at radius 2 is 0.762 bits per heavy atom. The minimum atomic E-state index is 0.237. The molecule has 0 aromatic carbocycles. The van der Waals surface area contributed by atoms with Crippen LogP contribution in [0.1, 0.15) is 200 Å². The lowest BCUT2D eigenvalue weighted by molar-refractivity contribution is -0.121. The normalized spacial score (nSPS) is 11.8. The smallest absolute Gasteiger partial charge is 0.219 e. The highest BCUT2D eigenvalue weighted by Gasteiger charge is 2.00. The van der Waals surface area contributed by atoms with Gasteiger partial charge >= 0.3 is 0 Å². The molecule has 0 unspecified atom stereocenters. The lowest BCUT2D eigenvalue weighted by Gasteiger charge is -2.07. The summed E-state index contributed by atoms with van der Waals surface area (Å²) in [6.07, 6.45) is 47.3. The average Bonchev–Trinajstić information content (AvgIpc) is 3.00. The van der Waals surface area contributed by atoms with Crippen molar-refractivity contribution in [1.29, 1.82) is 0 Å². The van der Waals surface area contributed by atoms with Gasteiger partial charge in [0, 0.05) is 13.0 Å². The summed E-state index contributed by atoms with van der Waals surface area (Å²) >= 11 is 0. The zero-order chi connectivity index (χ0) is 30.4. The van der Waals surface area contributed by atoms with Crippen LogP contribution in [0.5, 0.6) is 0 Å². The van der Waals surface area contributed by atoms with Crippen LogP contribution in [-0.2, 0) is 4.79 Å². The topological polar surface area (TPSA) is 41.1 Å². The molecule has 0 saturated carbocycles. The average molecular weight is 589 g/mol. The van der Waals surface area contributed by atoms with E-state index in [4.69, 9.17) is 0 Å². The Hall–Kier alpha value is -1.09.